The van der Waals surface area contributed by atoms with Gasteiger partial charge in [-0.15, -0.1) is 0 Å². The van der Waals surface area contributed by atoms with Gasteiger partial charge in [0.05, 0.1) is 27.7 Å². The van der Waals surface area contributed by atoms with Crippen LogP contribution in [0.25, 0.3) is 0 Å². The monoisotopic (exact) mass is 1000 g/mol. The fourth-order valence-corrected chi connectivity index (χ4v) is 8.72. The maximum Gasteiger partial charge on any atom is 0.306 e. The molecule has 0 aromatic carbocycles. The minimum atomic E-state index is -4.64. The Labute approximate surface area is 432 Å². The van der Waals surface area contributed by atoms with E-state index in [0.29, 0.717) is 17.4 Å². The minimum absolute atomic E-state index is 0.0334. The van der Waals surface area contributed by atoms with Gasteiger partial charge in [0.1, 0.15) is 19.8 Å². The number of likely N-dealkylation sites (N-methyl/N-ethyl adjacent to an activating group) is 1. The Bertz CT molecular complexity index is 1370. The molecule has 408 valence electrons. The van der Waals surface area contributed by atoms with E-state index in [9.17, 15) is 19.0 Å². The highest BCUT2D eigenvalue weighted by Gasteiger charge is 2.22. The SMILES string of the molecule is CCCCC/C=C\C/C=C\CCCCCCCCCC(=O)OCC(COP(=O)([O-])OCC[N+](C)(C)C)OC(=O)CCCCCCCCCCCCCCCC/C=C\C/C=C\C/C=C\CCCCCCC. The molecule has 0 aliphatic carbocycles. The van der Waals surface area contributed by atoms with Gasteiger partial charge in [0, 0.05) is 12.8 Å². The molecule has 0 aliphatic rings. The molecule has 0 aliphatic heterocycles. The first-order valence-electron chi connectivity index (χ1n) is 29.0. The van der Waals surface area contributed by atoms with E-state index in [1.54, 1.807) is 0 Å². The summed E-state index contributed by atoms with van der Waals surface area (Å²) in [5.74, 6) is -0.838. The molecule has 0 spiro atoms. The molecule has 0 radical (unpaired) electrons. The smallest absolute Gasteiger partial charge is 0.306 e. The summed E-state index contributed by atoms with van der Waals surface area (Å²) >= 11 is 0. The van der Waals surface area contributed by atoms with Gasteiger partial charge in [-0.2, -0.15) is 0 Å². The highest BCUT2D eigenvalue weighted by atomic mass is 31.2. The Hall–Kier alpha value is -2.29. The molecular formula is C60H110NO8P. The summed E-state index contributed by atoms with van der Waals surface area (Å²) in [5.41, 5.74) is 0. The summed E-state index contributed by atoms with van der Waals surface area (Å²) < 4.78 is 34.1. The number of phosphoric ester groups is 1. The van der Waals surface area contributed by atoms with Crippen LogP contribution in [0.1, 0.15) is 258 Å². The molecule has 70 heavy (non-hydrogen) atoms. The van der Waals surface area contributed by atoms with Crippen molar-refractivity contribution < 1.29 is 42.1 Å². The van der Waals surface area contributed by atoms with Gasteiger partial charge in [-0.05, 0) is 83.5 Å². The summed E-state index contributed by atoms with van der Waals surface area (Å²) in [5, 5.41) is 0. The van der Waals surface area contributed by atoms with E-state index in [0.717, 1.165) is 70.6 Å². The van der Waals surface area contributed by atoms with Crippen LogP contribution in [-0.4, -0.2) is 70.0 Å². The topological polar surface area (TPSA) is 111 Å². The summed E-state index contributed by atoms with van der Waals surface area (Å²) in [6, 6.07) is 0. The van der Waals surface area contributed by atoms with Crippen LogP contribution in [0.2, 0.25) is 0 Å². The lowest BCUT2D eigenvalue weighted by Crippen LogP contribution is -2.37. The summed E-state index contributed by atoms with van der Waals surface area (Å²) in [7, 11) is 1.16. The van der Waals surface area contributed by atoms with Crippen LogP contribution in [0.15, 0.2) is 60.8 Å². The number of allylic oxidation sites excluding steroid dienone is 10. The number of unbranched alkanes of at least 4 members (excludes halogenated alkanes) is 29. The molecule has 2 unspecified atom stereocenters. The van der Waals surface area contributed by atoms with Crippen LogP contribution < -0.4 is 4.89 Å². The van der Waals surface area contributed by atoms with Gasteiger partial charge in [-0.1, -0.05) is 222 Å². The lowest BCUT2D eigenvalue weighted by molar-refractivity contribution is -0.870. The van der Waals surface area contributed by atoms with E-state index in [1.807, 2.05) is 21.1 Å². The van der Waals surface area contributed by atoms with Gasteiger partial charge >= 0.3 is 11.9 Å². The Balaban J connectivity index is 4.13. The molecule has 0 fully saturated rings. The minimum Gasteiger partial charge on any atom is -0.756 e. The zero-order valence-corrected chi connectivity index (χ0v) is 47.1. The van der Waals surface area contributed by atoms with Gasteiger partial charge in [0.25, 0.3) is 7.82 Å². The highest BCUT2D eigenvalue weighted by molar-refractivity contribution is 7.45. The number of hydrogen-bond acceptors (Lipinski definition) is 8. The molecule has 0 amide bonds. The maximum absolute atomic E-state index is 12.8. The molecule has 0 heterocycles. The van der Waals surface area contributed by atoms with Crippen LogP contribution in [0.3, 0.4) is 0 Å². The van der Waals surface area contributed by atoms with Crippen LogP contribution in [0, 0.1) is 0 Å². The second-order valence-electron chi connectivity index (χ2n) is 20.6. The van der Waals surface area contributed by atoms with E-state index >= 15 is 0 Å². The Kier molecular flexibility index (Phi) is 49.9. The molecule has 0 saturated carbocycles. The van der Waals surface area contributed by atoms with Crippen LogP contribution in [0.4, 0.5) is 0 Å². The van der Waals surface area contributed by atoms with Gasteiger partial charge in [0.15, 0.2) is 6.10 Å². The number of quaternary nitrogens is 1. The van der Waals surface area contributed by atoms with Crippen molar-refractivity contribution in [2.24, 2.45) is 0 Å². The van der Waals surface area contributed by atoms with Crippen LogP contribution in [0.5, 0.6) is 0 Å². The maximum atomic E-state index is 12.8. The summed E-state index contributed by atoms with van der Waals surface area (Å²) in [6.07, 6.45) is 65.5. The zero-order valence-electron chi connectivity index (χ0n) is 46.2. The predicted octanol–water partition coefficient (Wildman–Crippen LogP) is 17.3. The summed E-state index contributed by atoms with van der Waals surface area (Å²) in [6.45, 7) is 4.21. The third-order valence-corrected chi connectivity index (χ3v) is 13.5. The molecule has 0 bridgehead atoms. The molecule has 2 atom stereocenters. The van der Waals surface area contributed by atoms with Gasteiger partial charge in [-0.25, -0.2) is 0 Å². The molecule has 10 heteroatoms. The third-order valence-electron chi connectivity index (χ3n) is 12.5. The van der Waals surface area contributed by atoms with E-state index in [2.05, 4.69) is 74.6 Å². The number of carbonyl (C=O) groups is 2. The van der Waals surface area contributed by atoms with Crippen LogP contribution in [-0.2, 0) is 32.7 Å². The number of phosphoric acid groups is 1. The quantitative estimate of drug-likeness (QED) is 0.0195. The molecule has 0 aromatic heterocycles. The van der Waals surface area contributed by atoms with Gasteiger partial charge < -0.3 is 27.9 Å². The van der Waals surface area contributed by atoms with Crippen molar-refractivity contribution in [2.75, 3.05) is 47.5 Å². The largest absolute Gasteiger partial charge is 0.756 e. The van der Waals surface area contributed by atoms with Crippen molar-refractivity contribution in [3.63, 3.8) is 0 Å². The molecule has 0 saturated heterocycles. The Morgan fingerprint density at radius 1 is 0.443 bits per heavy atom. The van der Waals surface area contributed by atoms with Gasteiger partial charge in [-0.3, -0.25) is 14.2 Å². The fraction of sp³-hybridized carbons (Fsp3) is 0.800. The average molecular weight is 1000 g/mol. The number of hydrogen-bond donors (Lipinski definition) is 0. The number of ether oxygens (including phenoxy) is 2. The lowest BCUT2D eigenvalue weighted by atomic mass is 10.0. The average Bonchev–Trinajstić information content (AvgIpc) is 3.32. The first-order chi connectivity index (χ1) is 34.0. The second-order valence-corrected chi connectivity index (χ2v) is 22.1. The normalized spacial score (nSPS) is 13.7. The fourth-order valence-electron chi connectivity index (χ4n) is 7.99. The molecule has 0 N–H and O–H groups in total. The third kappa shape index (κ3) is 55.0. The number of esters is 2. The van der Waals surface area contributed by atoms with E-state index < -0.39 is 26.5 Å². The predicted molar refractivity (Wildman–Crippen MR) is 296 cm³/mol. The van der Waals surface area contributed by atoms with Crippen molar-refractivity contribution in [1.29, 1.82) is 0 Å². The van der Waals surface area contributed by atoms with Gasteiger partial charge in [0.2, 0.25) is 0 Å². The lowest BCUT2D eigenvalue weighted by Gasteiger charge is -2.28. The van der Waals surface area contributed by atoms with Crippen molar-refractivity contribution in [2.45, 2.75) is 264 Å². The van der Waals surface area contributed by atoms with Crippen LogP contribution >= 0.6 is 7.82 Å². The Morgan fingerprint density at radius 2 is 0.771 bits per heavy atom. The molecule has 0 aromatic rings. The molecule has 0 rings (SSSR count). The molecular weight excluding hydrogens is 894 g/mol. The standard InChI is InChI=1S/C60H110NO8P/c1-6-8-10-12-14-16-18-20-22-24-25-26-27-28-29-30-31-32-33-34-35-37-39-41-43-45-47-49-51-53-60(63)69-58(57-68-70(64,65)67-55-54-61(3,4)5)56-66-59(62)52-50-48-46-44-42-40-38-36-23-21-19-17-15-13-11-9-7-2/h15,17-18,20-21,23-25,27-28,58H,6-14,16,19,22,26,29-57H2,1-5H3/b17-15-,20-18-,23-21-,25-24-,28-27-. The van der Waals surface area contributed by atoms with Crippen molar-refractivity contribution in [3.8, 4) is 0 Å². The Morgan fingerprint density at radius 3 is 1.17 bits per heavy atom. The first kappa shape index (κ1) is 67.7. The zero-order chi connectivity index (χ0) is 51.3. The second kappa shape index (κ2) is 51.6. The van der Waals surface area contributed by atoms with Crippen molar-refractivity contribution in [3.05, 3.63) is 60.8 Å². The van der Waals surface area contributed by atoms with E-state index in [1.165, 1.54) is 154 Å². The number of carbonyl (C=O) groups excluding carboxylic acids is 2. The summed E-state index contributed by atoms with van der Waals surface area (Å²) in [4.78, 5) is 37.8. The molecule has 9 nitrogen and oxygen atoms in total. The van der Waals surface area contributed by atoms with E-state index in [4.69, 9.17) is 18.5 Å². The van der Waals surface area contributed by atoms with Crippen molar-refractivity contribution >= 4 is 19.8 Å². The van der Waals surface area contributed by atoms with Crippen molar-refractivity contribution in [1.82, 2.24) is 0 Å². The first-order valence-corrected chi connectivity index (χ1v) is 30.5. The number of nitrogens with zero attached hydrogens (tertiary/aromatic N) is 1. The number of rotatable bonds is 53. The van der Waals surface area contributed by atoms with E-state index in [-0.39, 0.29) is 32.0 Å². The highest BCUT2D eigenvalue weighted by Crippen LogP contribution is 2.38.